The number of nitrogens with one attached hydrogen (secondary N) is 1. The third kappa shape index (κ3) is 3.72. The Morgan fingerprint density at radius 1 is 1.18 bits per heavy atom. The molecule has 4 nitrogen and oxygen atoms in total. The molecule has 1 N–H and O–H groups in total. The van der Waals surface area contributed by atoms with Crippen molar-refractivity contribution in [1.29, 1.82) is 0 Å². The highest BCUT2D eigenvalue weighted by Gasteiger charge is 2.26. The Kier molecular flexibility index (Phi) is 4.02. The number of hydrogen-bond donors (Lipinski definition) is 1. The van der Waals surface area contributed by atoms with Crippen LogP contribution < -0.4 is 5.32 Å². The first-order valence-corrected chi connectivity index (χ1v) is 6.73. The van der Waals surface area contributed by atoms with E-state index in [1.807, 2.05) is 4.90 Å². The van der Waals surface area contributed by atoms with E-state index in [0.717, 1.165) is 25.7 Å². The zero-order chi connectivity index (χ0) is 12.3. The van der Waals surface area contributed by atoms with Gasteiger partial charge in [-0.15, -0.1) is 0 Å². The standard InChI is InChI=1S/C13H22N2O2/c1-10(16)15(12-4-2-3-5-12)9-8-13(17)14-11-6-7-11/h11-12H,2-9H2,1H3,(H,14,17). The first-order valence-electron chi connectivity index (χ1n) is 6.73. The van der Waals surface area contributed by atoms with E-state index in [0.29, 0.717) is 25.0 Å². The topological polar surface area (TPSA) is 49.4 Å². The predicted octanol–water partition coefficient (Wildman–Crippen LogP) is 1.45. The monoisotopic (exact) mass is 238 g/mol. The maximum Gasteiger partial charge on any atom is 0.221 e. The second-order valence-electron chi connectivity index (χ2n) is 5.24. The molecule has 4 heteroatoms. The highest BCUT2D eigenvalue weighted by Crippen LogP contribution is 2.24. The molecule has 0 bridgehead atoms. The van der Waals surface area contributed by atoms with Gasteiger partial charge in [0.1, 0.15) is 0 Å². The summed E-state index contributed by atoms with van der Waals surface area (Å²) in [4.78, 5) is 25.0. The van der Waals surface area contributed by atoms with Crippen molar-refractivity contribution < 1.29 is 9.59 Å². The van der Waals surface area contributed by atoms with Gasteiger partial charge in [0.05, 0.1) is 0 Å². The maximum atomic E-state index is 11.6. The fourth-order valence-corrected chi connectivity index (χ4v) is 2.56. The molecule has 2 rings (SSSR count). The van der Waals surface area contributed by atoms with Gasteiger partial charge in [0.15, 0.2) is 0 Å². The van der Waals surface area contributed by atoms with E-state index < -0.39 is 0 Å². The largest absolute Gasteiger partial charge is 0.353 e. The molecule has 17 heavy (non-hydrogen) atoms. The molecule has 96 valence electrons. The van der Waals surface area contributed by atoms with Crippen LogP contribution >= 0.6 is 0 Å². The molecule has 0 radical (unpaired) electrons. The van der Waals surface area contributed by atoms with Crippen LogP contribution in [0.1, 0.15) is 51.9 Å². The predicted molar refractivity (Wildman–Crippen MR) is 65.4 cm³/mol. The lowest BCUT2D eigenvalue weighted by Crippen LogP contribution is -2.40. The minimum Gasteiger partial charge on any atom is -0.353 e. The van der Waals surface area contributed by atoms with Crippen LogP contribution in [0.25, 0.3) is 0 Å². The van der Waals surface area contributed by atoms with E-state index in [4.69, 9.17) is 0 Å². The van der Waals surface area contributed by atoms with E-state index in [-0.39, 0.29) is 11.8 Å². The lowest BCUT2D eigenvalue weighted by molar-refractivity contribution is -0.131. The number of rotatable bonds is 5. The summed E-state index contributed by atoms with van der Waals surface area (Å²) in [7, 11) is 0. The first-order chi connectivity index (χ1) is 8.16. The van der Waals surface area contributed by atoms with Crippen molar-refractivity contribution in [3.8, 4) is 0 Å². The SMILES string of the molecule is CC(=O)N(CCC(=O)NC1CC1)C1CCCC1. The van der Waals surface area contributed by atoms with Gasteiger partial charge in [-0.25, -0.2) is 0 Å². The van der Waals surface area contributed by atoms with Gasteiger partial charge in [-0.05, 0) is 25.7 Å². The Morgan fingerprint density at radius 3 is 2.35 bits per heavy atom. The Hall–Kier alpha value is -1.06. The Balaban J connectivity index is 1.75. The summed E-state index contributed by atoms with van der Waals surface area (Å²) >= 11 is 0. The summed E-state index contributed by atoms with van der Waals surface area (Å²) in [5, 5.41) is 2.96. The number of amides is 2. The maximum absolute atomic E-state index is 11.6. The fourth-order valence-electron chi connectivity index (χ4n) is 2.56. The third-order valence-electron chi connectivity index (χ3n) is 3.69. The van der Waals surface area contributed by atoms with Gasteiger partial charge in [-0.2, -0.15) is 0 Å². The number of carbonyl (C=O) groups excluding carboxylic acids is 2. The minimum absolute atomic E-state index is 0.0942. The molecule has 2 amide bonds. The van der Waals surface area contributed by atoms with E-state index in [9.17, 15) is 9.59 Å². The van der Waals surface area contributed by atoms with Gasteiger partial charge in [0.2, 0.25) is 11.8 Å². The van der Waals surface area contributed by atoms with Crippen molar-refractivity contribution in [1.82, 2.24) is 10.2 Å². The molecule has 0 aliphatic heterocycles. The van der Waals surface area contributed by atoms with Crippen LogP contribution in [0.2, 0.25) is 0 Å². The van der Waals surface area contributed by atoms with Crippen molar-refractivity contribution in [3.63, 3.8) is 0 Å². The van der Waals surface area contributed by atoms with Crippen LogP contribution in [-0.2, 0) is 9.59 Å². The van der Waals surface area contributed by atoms with Gasteiger partial charge in [0, 0.05) is 32.0 Å². The lowest BCUT2D eigenvalue weighted by atomic mass is 10.2. The molecule has 0 spiro atoms. The average Bonchev–Trinajstić information content (AvgIpc) is 2.92. The molecule has 2 saturated carbocycles. The lowest BCUT2D eigenvalue weighted by Gasteiger charge is -2.27. The van der Waals surface area contributed by atoms with Crippen LogP contribution in [0.3, 0.4) is 0 Å². The normalized spacial score (nSPS) is 20.3. The smallest absolute Gasteiger partial charge is 0.221 e. The molecule has 2 fully saturated rings. The third-order valence-corrected chi connectivity index (χ3v) is 3.69. The molecule has 2 aliphatic carbocycles. The molecule has 2 aliphatic rings. The van der Waals surface area contributed by atoms with Crippen molar-refractivity contribution in [2.24, 2.45) is 0 Å². The van der Waals surface area contributed by atoms with E-state index in [2.05, 4.69) is 5.32 Å². The van der Waals surface area contributed by atoms with E-state index in [1.54, 1.807) is 6.92 Å². The van der Waals surface area contributed by atoms with Gasteiger partial charge in [-0.3, -0.25) is 9.59 Å². The Labute approximate surface area is 103 Å². The summed E-state index contributed by atoms with van der Waals surface area (Å²) in [6, 6.07) is 0.793. The average molecular weight is 238 g/mol. The number of hydrogen-bond acceptors (Lipinski definition) is 2. The second kappa shape index (κ2) is 5.52. The highest BCUT2D eigenvalue weighted by molar-refractivity contribution is 5.78. The van der Waals surface area contributed by atoms with Gasteiger partial charge >= 0.3 is 0 Å². The van der Waals surface area contributed by atoms with Crippen LogP contribution in [0.4, 0.5) is 0 Å². The van der Waals surface area contributed by atoms with Crippen molar-refractivity contribution in [3.05, 3.63) is 0 Å². The van der Waals surface area contributed by atoms with Gasteiger partial charge in [-0.1, -0.05) is 12.8 Å². The quantitative estimate of drug-likeness (QED) is 0.788. The van der Waals surface area contributed by atoms with Crippen LogP contribution in [-0.4, -0.2) is 35.3 Å². The molecule has 0 saturated heterocycles. The molecule has 0 atom stereocenters. The fraction of sp³-hybridized carbons (Fsp3) is 0.846. The summed E-state index contributed by atoms with van der Waals surface area (Å²) in [5.41, 5.74) is 0. The van der Waals surface area contributed by atoms with E-state index in [1.165, 1.54) is 12.8 Å². The minimum atomic E-state index is 0.0942. The van der Waals surface area contributed by atoms with Crippen molar-refractivity contribution in [2.75, 3.05) is 6.54 Å². The van der Waals surface area contributed by atoms with Crippen LogP contribution in [0, 0.1) is 0 Å². The highest BCUT2D eigenvalue weighted by atomic mass is 16.2. The second-order valence-corrected chi connectivity index (χ2v) is 5.24. The first kappa shape index (κ1) is 12.4. The summed E-state index contributed by atoms with van der Waals surface area (Å²) in [6.07, 6.45) is 7.31. The molecular formula is C13H22N2O2. The summed E-state index contributed by atoms with van der Waals surface area (Å²) in [5.74, 6) is 0.202. The van der Waals surface area contributed by atoms with Gasteiger partial charge in [0.25, 0.3) is 0 Å². The zero-order valence-electron chi connectivity index (χ0n) is 10.6. The number of carbonyl (C=O) groups is 2. The zero-order valence-corrected chi connectivity index (χ0v) is 10.6. The van der Waals surface area contributed by atoms with Crippen LogP contribution in [0.5, 0.6) is 0 Å². The molecule has 0 aromatic carbocycles. The van der Waals surface area contributed by atoms with Gasteiger partial charge < -0.3 is 10.2 Å². The summed E-state index contributed by atoms with van der Waals surface area (Å²) < 4.78 is 0. The molecular weight excluding hydrogens is 216 g/mol. The Bertz CT molecular complexity index is 294. The summed E-state index contributed by atoms with van der Waals surface area (Å²) in [6.45, 7) is 2.19. The molecule has 0 aromatic heterocycles. The Morgan fingerprint density at radius 2 is 1.82 bits per heavy atom. The molecule has 0 aromatic rings. The molecule has 0 unspecified atom stereocenters. The van der Waals surface area contributed by atoms with Crippen LogP contribution in [0.15, 0.2) is 0 Å². The van der Waals surface area contributed by atoms with Crippen molar-refractivity contribution >= 4 is 11.8 Å². The number of nitrogens with zero attached hydrogens (tertiary/aromatic N) is 1. The molecule has 0 heterocycles. The van der Waals surface area contributed by atoms with E-state index >= 15 is 0 Å². The van der Waals surface area contributed by atoms with Crippen molar-refractivity contribution in [2.45, 2.75) is 64.0 Å².